The Morgan fingerprint density at radius 1 is 0.913 bits per heavy atom. The molecule has 6 rings (SSSR count). The predicted molar refractivity (Wildman–Crippen MR) is 177 cm³/mol. The molecule has 0 spiro atoms. The summed E-state index contributed by atoms with van der Waals surface area (Å²) in [5.41, 5.74) is 0.694. The lowest BCUT2D eigenvalue weighted by Gasteiger charge is -2.71. The van der Waals surface area contributed by atoms with Crippen molar-refractivity contribution in [3.05, 3.63) is 41.5 Å². The molecule has 0 bridgehead atoms. The zero-order chi connectivity index (χ0) is 33.5. The highest BCUT2D eigenvalue weighted by Crippen LogP contribution is 2.75. The van der Waals surface area contributed by atoms with Gasteiger partial charge in [-0.3, -0.25) is 4.79 Å². The molecule has 252 valence electrons. The fraction of sp³-hybridized carbons (Fsp3) is 0.692. The number of aliphatic hydroxyl groups is 1. The summed E-state index contributed by atoms with van der Waals surface area (Å²) in [6.07, 6.45) is 13.5. The van der Waals surface area contributed by atoms with Gasteiger partial charge in [-0.2, -0.15) is 0 Å². The highest BCUT2D eigenvalue weighted by Gasteiger charge is 2.69. The normalized spacial score (nSPS) is 43.0. The molecule has 0 amide bonds. The zero-order valence-corrected chi connectivity index (χ0v) is 28.6. The monoisotopic (exact) mass is 634 g/mol. The number of benzene rings is 1. The second-order valence-electron chi connectivity index (χ2n) is 17.4. The molecule has 0 aromatic heterocycles. The van der Waals surface area contributed by atoms with Crippen LogP contribution < -0.4 is 0 Å². The van der Waals surface area contributed by atoms with Crippen LogP contribution in [-0.2, 0) is 14.3 Å². The average molecular weight is 635 g/mol. The molecule has 7 heteroatoms. The van der Waals surface area contributed by atoms with Crippen LogP contribution in [0.4, 0.5) is 0 Å². The van der Waals surface area contributed by atoms with E-state index >= 15 is 0 Å². The van der Waals surface area contributed by atoms with Crippen LogP contribution in [0.25, 0.3) is 6.08 Å². The topological polar surface area (TPSA) is 124 Å². The third kappa shape index (κ3) is 4.77. The number of carboxylic acid groups (broad SMARTS) is 1. The number of ether oxygens (including phenoxy) is 1. The van der Waals surface area contributed by atoms with Crippen molar-refractivity contribution < 1.29 is 34.8 Å². The first-order chi connectivity index (χ1) is 21.4. The number of phenols is 2. The predicted octanol–water partition coefficient (Wildman–Crippen LogP) is 7.88. The quantitative estimate of drug-likeness (QED) is 0.112. The number of fused-ring (bicyclic) bond motifs is 7. The van der Waals surface area contributed by atoms with E-state index in [-0.39, 0.29) is 57.2 Å². The Balaban J connectivity index is 1.26. The van der Waals surface area contributed by atoms with Crippen LogP contribution in [0.15, 0.2) is 35.9 Å². The minimum absolute atomic E-state index is 0.0408. The van der Waals surface area contributed by atoms with Crippen molar-refractivity contribution in [3.63, 3.8) is 0 Å². The summed E-state index contributed by atoms with van der Waals surface area (Å²) in [5, 5.41) is 41.1. The molecule has 4 saturated carbocycles. The van der Waals surface area contributed by atoms with Crippen LogP contribution in [0, 0.1) is 50.2 Å². The number of rotatable bonds is 5. The van der Waals surface area contributed by atoms with Gasteiger partial charge in [0, 0.05) is 11.5 Å². The molecular formula is C39H54O7. The van der Waals surface area contributed by atoms with Crippen LogP contribution in [0.1, 0.15) is 111 Å². The number of carbonyl (C=O) groups is 2. The second kappa shape index (κ2) is 10.9. The standard InChI is InChI=1S/C39H54O7/c1-34(2)29-13-16-38(6)30(36(29,4)15-14-31(34)42)11-9-25-26-22-35(3,17-19-39(26,33(44)45)20-18-37(25,38)5)23-46-32(43)12-8-24-7-10-27(40)28(41)21-24/h7-10,12,21,26,29-31,40-42H,11,13-20,22-23H2,1-6H3,(H,44,45)/b12-8+/t26-,29+,30-,31+,35-,36+,37-,38-,39+/m1/s1. The third-order valence-electron chi connectivity index (χ3n) is 14.9. The van der Waals surface area contributed by atoms with E-state index in [1.165, 1.54) is 23.8 Å². The first-order valence-electron chi connectivity index (χ1n) is 17.4. The molecule has 4 N–H and O–H groups in total. The maximum atomic E-state index is 13.2. The van der Waals surface area contributed by atoms with Crippen molar-refractivity contribution in [1.29, 1.82) is 0 Å². The first-order valence-corrected chi connectivity index (χ1v) is 17.4. The summed E-state index contributed by atoms with van der Waals surface area (Å²) in [7, 11) is 0. The summed E-state index contributed by atoms with van der Waals surface area (Å²) in [5.74, 6) is -0.825. The van der Waals surface area contributed by atoms with Crippen LogP contribution in [0.2, 0.25) is 0 Å². The molecule has 7 nitrogen and oxygen atoms in total. The smallest absolute Gasteiger partial charge is 0.330 e. The van der Waals surface area contributed by atoms with Gasteiger partial charge in [0.25, 0.3) is 0 Å². The van der Waals surface area contributed by atoms with Crippen LogP contribution in [-0.4, -0.2) is 45.1 Å². The van der Waals surface area contributed by atoms with E-state index in [9.17, 15) is 30.0 Å². The number of aromatic hydroxyl groups is 2. The molecule has 0 saturated heterocycles. The van der Waals surface area contributed by atoms with Crippen LogP contribution in [0.5, 0.6) is 11.5 Å². The molecular weight excluding hydrogens is 580 g/mol. The lowest BCUT2D eigenvalue weighted by molar-refractivity contribution is -0.206. The van der Waals surface area contributed by atoms with Gasteiger partial charge in [-0.25, -0.2) is 4.79 Å². The van der Waals surface area contributed by atoms with Crippen molar-refractivity contribution >= 4 is 18.0 Å². The van der Waals surface area contributed by atoms with Crippen molar-refractivity contribution in [3.8, 4) is 11.5 Å². The highest BCUT2D eigenvalue weighted by atomic mass is 16.5. The Kier molecular flexibility index (Phi) is 7.82. The summed E-state index contributed by atoms with van der Waals surface area (Å²) in [6, 6.07) is 4.34. The summed E-state index contributed by atoms with van der Waals surface area (Å²) in [6.45, 7) is 14.3. The van der Waals surface area contributed by atoms with E-state index < -0.39 is 17.4 Å². The van der Waals surface area contributed by atoms with Gasteiger partial charge < -0.3 is 25.2 Å². The molecule has 0 aliphatic heterocycles. The molecule has 0 heterocycles. The van der Waals surface area contributed by atoms with Gasteiger partial charge in [-0.1, -0.05) is 59.3 Å². The molecule has 1 aromatic rings. The largest absolute Gasteiger partial charge is 0.504 e. The molecule has 4 fully saturated rings. The van der Waals surface area contributed by atoms with Crippen molar-refractivity contribution in [1.82, 2.24) is 0 Å². The number of carbonyl (C=O) groups excluding carboxylic acids is 1. The number of carboxylic acids is 1. The van der Waals surface area contributed by atoms with E-state index in [1.807, 2.05) is 0 Å². The van der Waals surface area contributed by atoms with E-state index in [0.29, 0.717) is 43.1 Å². The summed E-state index contributed by atoms with van der Waals surface area (Å²) in [4.78, 5) is 25.9. The van der Waals surface area contributed by atoms with Gasteiger partial charge in [-0.05, 0) is 127 Å². The lowest BCUT2D eigenvalue weighted by Crippen LogP contribution is -2.65. The molecule has 9 atom stereocenters. The van der Waals surface area contributed by atoms with Gasteiger partial charge in [-0.15, -0.1) is 0 Å². The van der Waals surface area contributed by atoms with Gasteiger partial charge in [0.2, 0.25) is 0 Å². The molecule has 0 unspecified atom stereocenters. The van der Waals surface area contributed by atoms with E-state index in [0.717, 1.165) is 38.5 Å². The number of allylic oxidation sites excluding steroid dienone is 2. The van der Waals surface area contributed by atoms with Crippen molar-refractivity contribution in [2.75, 3.05) is 6.61 Å². The fourth-order valence-electron chi connectivity index (χ4n) is 11.8. The van der Waals surface area contributed by atoms with Crippen molar-refractivity contribution in [2.24, 2.45) is 50.2 Å². The Labute approximate surface area is 274 Å². The Hall–Kier alpha value is -2.80. The van der Waals surface area contributed by atoms with E-state index in [1.54, 1.807) is 12.1 Å². The number of phenolic OH excluding ortho intramolecular Hbond substituents is 2. The number of esters is 1. The van der Waals surface area contributed by atoms with Gasteiger partial charge in [0.1, 0.15) is 0 Å². The Morgan fingerprint density at radius 3 is 2.33 bits per heavy atom. The number of hydrogen-bond donors (Lipinski definition) is 4. The third-order valence-corrected chi connectivity index (χ3v) is 14.9. The van der Waals surface area contributed by atoms with E-state index in [2.05, 4.69) is 47.6 Å². The number of aliphatic carboxylic acids is 1. The summed E-state index contributed by atoms with van der Waals surface area (Å²) >= 11 is 0. The fourth-order valence-corrected chi connectivity index (χ4v) is 11.8. The molecule has 5 aliphatic carbocycles. The Bertz CT molecular complexity index is 1480. The zero-order valence-electron chi connectivity index (χ0n) is 28.6. The molecule has 0 radical (unpaired) electrons. The van der Waals surface area contributed by atoms with E-state index in [4.69, 9.17) is 4.74 Å². The van der Waals surface area contributed by atoms with Gasteiger partial charge in [0.05, 0.1) is 18.1 Å². The lowest BCUT2D eigenvalue weighted by atomic mass is 9.33. The summed E-state index contributed by atoms with van der Waals surface area (Å²) < 4.78 is 5.78. The minimum atomic E-state index is -0.795. The SMILES string of the molecule is CC1(C)[C@@H](O)CC[C@]2(C)[C@H]3CC=C4[C@H]5C[C@](C)(COC(=O)/C=C/c6ccc(O)c(O)c6)CC[C@]5(C(=O)O)CC[C@@]4(C)[C@]3(C)CC[C@@H]12. The van der Waals surface area contributed by atoms with Gasteiger partial charge in [0.15, 0.2) is 11.5 Å². The number of aliphatic hydroxyl groups excluding tert-OH is 1. The van der Waals surface area contributed by atoms with Crippen molar-refractivity contribution in [2.45, 2.75) is 112 Å². The maximum absolute atomic E-state index is 13.2. The Morgan fingerprint density at radius 2 is 1.63 bits per heavy atom. The first kappa shape index (κ1) is 33.1. The molecule has 5 aliphatic rings. The molecule has 1 aromatic carbocycles. The van der Waals surface area contributed by atoms with Gasteiger partial charge >= 0.3 is 11.9 Å². The second-order valence-corrected chi connectivity index (χ2v) is 17.4. The average Bonchev–Trinajstić information content (AvgIpc) is 2.99. The maximum Gasteiger partial charge on any atom is 0.330 e. The number of hydrogen-bond acceptors (Lipinski definition) is 6. The molecule has 46 heavy (non-hydrogen) atoms. The minimum Gasteiger partial charge on any atom is -0.504 e. The highest BCUT2D eigenvalue weighted by molar-refractivity contribution is 5.87. The van der Waals surface area contributed by atoms with Crippen LogP contribution in [0.3, 0.4) is 0 Å². The van der Waals surface area contributed by atoms with Crippen LogP contribution >= 0.6 is 0 Å².